The predicted molar refractivity (Wildman–Crippen MR) is 89.1 cm³/mol. The van der Waals surface area contributed by atoms with Crippen LogP contribution in [0.3, 0.4) is 0 Å². The Morgan fingerprint density at radius 3 is 3.04 bits per heavy atom. The highest BCUT2D eigenvalue weighted by Crippen LogP contribution is 2.38. The van der Waals surface area contributed by atoms with E-state index in [1.807, 2.05) is 24.5 Å². The number of hydrogen-bond donors (Lipinski definition) is 0. The summed E-state index contributed by atoms with van der Waals surface area (Å²) in [7, 11) is 1.59. The number of methoxy groups -OCH3 is 1. The Balaban J connectivity index is 1.65. The number of nitrogens with zero attached hydrogens (tertiary/aromatic N) is 2. The molecule has 0 unspecified atom stereocenters. The largest absolute Gasteiger partial charge is 0.497 e. The van der Waals surface area contributed by atoms with E-state index in [4.69, 9.17) is 9.15 Å². The van der Waals surface area contributed by atoms with Gasteiger partial charge in [-0.2, -0.15) is 0 Å². The molecule has 6 heteroatoms. The second-order valence-electron chi connectivity index (χ2n) is 5.59. The van der Waals surface area contributed by atoms with Crippen molar-refractivity contribution in [1.29, 1.82) is 0 Å². The van der Waals surface area contributed by atoms with E-state index < -0.39 is 0 Å². The molecule has 0 radical (unpaired) electrons. The Labute approximate surface area is 137 Å². The van der Waals surface area contributed by atoms with Crippen molar-refractivity contribution in [3.63, 3.8) is 0 Å². The van der Waals surface area contributed by atoms with Crippen LogP contribution in [0.25, 0.3) is 11.0 Å². The summed E-state index contributed by atoms with van der Waals surface area (Å²) >= 11 is 1.65. The van der Waals surface area contributed by atoms with Crippen molar-refractivity contribution in [3.05, 3.63) is 52.6 Å². The average molecular weight is 328 g/mol. The molecule has 3 aromatic rings. The molecule has 0 aliphatic heterocycles. The second kappa shape index (κ2) is 5.77. The van der Waals surface area contributed by atoms with Crippen LogP contribution in [0.2, 0.25) is 0 Å². The first-order valence-electron chi connectivity index (χ1n) is 7.51. The Kier molecular flexibility index (Phi) is 3.61. The highest BCUT2D eigenvalue weighted by molar-refractivity contribution is 7.98. The second-order valence-corrected chi connectivity index (χ2v) is 6.53. The topological polar surface area (TPSA) is 57.3 Å². The molecule has 5 nitrogen and oxygen atoms in total. The Bertz CT molecular complexity index is 912. The molecule has 0 amide bonds. The van der Waals surface area contributed by atoms with Gasteiger partial charge in [-0.05, 0) is 30.5 Å². The van der Waals surface area contributed by atoms with Crippen molar-refractivity contribution in [1.82, 2.24) is 9.55 Å². The molecule has 23 heavy (non-hydrogen) atoms. The number of thioether (sulfide) groups is 1. The summed E-state index contributed by atoms with van der Waals surface area (Å²) in [4.78, 5) is 16.2. The van der Waals surface area contributed by atoms with Gasteiger partial charge in [0.1, 0.15) is 11.3 Å². The predicted octanol–water partition coefficient (Wildman–Crippen LogP) is 3.63. The van der Waals surface area contributed by atoms with E-state index >= 15 is 0 Å². The van der Waals surface area contributed by atoms with Gasteiger partial charge < -0.3 is 13.7 Å². The van der Waals surface area contributed by atoms with Crippen LogP contribution in [-0.2, 0) is 5.75 Å². The van der Waals surface area contributed by atoms with Crippen molar-refractivity contribution in [2.24, 2.45) is 0 Å². The first kappa shape index (κ1) is 14.4. The molecule has 1 fully saturated rings. The molecule has 118 valence electrons. The summed E-state index contributed by atoms with van der Waals surface area (Å²) in [5.74, 6) is 1.35. The molecule has 4 rings (SSSR count). The standard InChI is InChI=1S/C17H16N2O3S/c1-21-13-4-5-14-11(8-16(20)22-15(14)9-13)10-23-17-18-6-7-19(17)12-2-3-12/h4-9,12H,2-3,10H2,1H3. The third kappa shape index (κ3) is 2.86. The lowest BCUT2D eigenvalue weighted by molar-refractivity contribution is 0.414. The Morgan fingerprint density at radius 1 is 1.39 bits per heavy atom. The molecule has 1 aliphatic carbocycles. The van der Waals surface area contributed by atoms with Gasteiger partial charge in [-0.1, -0.05) is 11.8 Å². The van der Waals surface area contributed by atoms with Crippen molar-refractivity contribution in [2.75, 3.05) is 7.11 Å². The summed E-state index contributed by atoms with van der Waals surface area (Å²) in [5, 5.41) is 1.94. The lowest BCUT2D eigenvalue weighted by Crippen LogP contribution is -2.01. The lowest BCUT2D eigenvalue weighted by atomic mass is 10.1. The molecule has 0 bridgehead atoms. The van der Waals surface area contributed by atoms with E-state index in [2.05, 4.69) is 9.55 Å². The van der Waals surface area contributed by atoms with Crippen molar-refractivity contribution in [3.8, 4) is 5.75 Å². The summed E-state index contributed by atoms with van der Waals surface area (Å²) in [6.07, 6.45) is 6.31. The molecule has 2 heterocycles. The average Bonchev–Trinajstić information content (AvgIpc) is 3.30. The van der Waals surface area contributed by atoms with E-state index in [0.29, 0.717) is 23.1 Å². The number of rotatable bonds is 5. The van der Waals surface area contributed by atoms with Gasteiger partial charge in [0.15, 0.2) is 5.16 Å². The van der Waals surface area contributed by atoms with E-state index in [0.717, 1.165) is 16.1 Å². The van der Waals surface area contributed by atoms with Crippen LogP contribution in [0, 0.1) is 0 Å². The minimum absolute atomic E-state index is 0.341. The number of ether oxygens (including phenoxy) is 1. The maximum absolute atomic E-state index is 11.8. The number of benzene rings is 1. The van der Waals surface area contributed by atoms with Crippen molar-refractivity contribution >= 4 is 22.7 Å². The van der Waals surface area contributed by atoms with Crippen LogP contribution in [0.5, 0.6) is 5.75 Å². The first-order valence-corrected chi connectivity index (χ1v) is 8.49. The normalized spacial score (nSPS) is 14.3. The molecular weight excluding hydrogens is 312 g/mol. The fourth-order valence-electron chi connectivity index (χ4n) is 2.64. The number of aromatic nitrogens is 2. The molecule has 0 atom stereocenters. The third-order valence-corrected chi connectivity index (χ3v) is 5.00. The maximum Gasteiger partial charge on any atom is 0.336 e. The molecule has 1 aromatic carbocycles. The van der Waals surface area contributed by atoms with Gasteiger partial charge in [-0.25, -0.2) is 9.78 Å². The zero-order chi connectivity index (χ0) is 15.8. The van der Waals surface area contributed by atoms with Gasteiger partial charge in [0, 0.05) is 41.7 Å². The van der Waals surface area contributed by atoms with E-state index in [1.165, 1.54) is 12.8 Å². The van der Waals surface area contributed by atoms with Gasteiger partial charge in [-0.3, -0.25) is 0 Å². The van der Waals surface area contributed by atoms with Crippen LogP contribution >= 0.6 is 11.8 Å². The van der Waals surface area contributed by atoms with Gasteiger partial charge in [-0.15, -0.1) is 0 Å². The monoisotopic (exact) mass is 328 g/mol. The highest BCUT2D eigenvalue weighted by atomic mass is 32.2. The molecule has 1 saturated carbocycles. The molecule has 0 spiro atoms. The zero-order valence-corrected chi connectivity index (χ0v) is 13.5. The highest BCUT2D eigenvalue weighted by Gasteiger charge is 2.25. The molecular formula is C17H16N2O3S. The summed E-state index contributed by atoms with van der Waals surface area (Å²) in [6, 6.07) is 7.71. The van der Waals surface area contributed by atoms with Crippen molar-refractivity contribution in [2.45, 2.75) is 29.8 Å². The Hall–Kier alpha value is -2.21. The SMILES string of the molecule is COc1ccc2c(CSc3nccn3C3CC3)cc(=O)oc2c1. The lowest BCUT2D eigenvalue weighted by Gasteiger charge is -2.08. The summed E-state index contributed by atoms with van der Waals surface area (Å²) in [6.45, 7) is 0. The molecule has 2 aromatic heterocycles. The number of fused-ring (bicyclic) bond motifs is 1. The third-order valence-electron chi connectivity index (χ3n) is 3.97. The summed E-state index contributed by atoms with van der Waals surface area (Å²) in [5.41, 5.74) is 1.17. The number of hydrogen-bond acceptors (Lipinski definition) is 5. The minimum atomic E-state index is -0.341. The maximum atomic E-state index is 11.8. The van der Waals surface area contributed by atoms with E-state index in [9.17, 15) is 4.79 Å². The van der Waals surface area contributed by atoms with Crippen LogP contribution in [-0.4, -0.2) is 16.7 Å². The smallest absolute Gasteiger partial charge is 0.336 e. The van der Waals surface area contributed by atoms with Crippen LogP contribution in [0.1, 0.15) is 24.4 Å². The first-order chi connectivity index (χ1) is 11.2. The molecule has 0 saturated heterocycles. The van der Waals surface area contributed by atoms with Crippen LogP contribution < -0.4 is 10.4 Å². The minimum Gasteiger partial charge on any atom is -0.497 e. The van der Waals surface area contributed by atoms with Gasteiger partial charge >= 0.3 is 5.63 Å². The van der Waals surface area contributed by atoms with E-state index in [1.54, 1.807) is 31.0 Å². The molecule has 0 N–H and O–H groups in total. The quantitative estimate of drug-likeness (QED) is 0.529. The van der Waals surface area contributed by atoms with E-state index in [-0.39, 0.29) is 5.63 Å². The van der Waals surface area contributed by atoms with Crippen LogP contribution in [0.4, 0.5) is 0 Å². The van der Waals surface area contributed by atoms with Gasteiger partial charge in [0.05, 0.1) is 7.11 Å². The zero-order valence-electron chi connectivity index (χ0n) is 12.7. The van der Waals surface area contributed by atoms with Crippen LogP contribution in [0.15, 0.2) is 51.0 Å². The fraction of sp³-hybridized carbons (Fsp3) is 0.294. The molecule has 1 aliphatic rings. The fourth-order valence-corrected chi connectivity index (χ4v) is 3.66. The van der Waals surface area contributed by atoms with Gasteiger partial charge in [0.2, 0.25) is 0 Å². The van der Waals surface area contributed by atoms with Crippen molar-refractivity contribution < 1.29 is 9.15 Å². The Morgan fingerprint density at radius 2 is 2.26 bits per heavy atom. The summed E-state index contributed by atoms with van der Waals surface area (Å²) < 4.78 is 12.7. The van der Waals surface area contributed by atoms with Gasteiger partial charge in [0.25, 0.3) is 0 Å². The number of imidazole rings is 1.